The van der Waals surface area contributed by atoms with E-state index in [1.54, 1.807) is 13.8 Å². The Hall–Kier alpha value is 0.629. The second kappa shape index (κ2) is 6.35. The Labute approximate surface area is 71.0 Å². The van der Waals surface area contributed by atoms with Crippen LogP contribution in [0.3, 0.4) is 0 Å². The zero-order valence-electron chi connectivity index (χ0n) is 5.80. The van der Waals surface area contributed by atoms with Crippen molar-refractivity contribution in [2.45, 2.75) is 13.8 Å². The first-order valence-electron chi connectivity index (χ1n) is 2.72. The van der Waals surface area contributed by atoms with Crippen molar-refractivity contribution >= 4 is 7.82 Å². The third-order valence-electron chi connectivity index (χ3n) is 0.574. The summed E-state index contributed by atoms with van der Waals surface area (Å²) < 4.78 is 18.9. The fourth-order valence-electron chi connectivity index (χ4n) is 0.353. The van der Waals surface area contributed by atoms with Crippen LogP contribution in [0.25, 0.3) is 0 Å². The van der Waals surface area contributed by atoms with Gasteiger partial charge < -0.3 is 13.9 Å². The summed E-state index contributed by atoms with van der Waals surface area (Å²) >= 11 is 0. The Kier molecular flexibility index (Phi) is 8.40. The van der Waals surface area contributed by atoms with Gasteiger partial charge >= 0.3 is 17.1 Å². The molecule has 0 aromatic heterocycles. The van der Waals surface area contributed by atoms with Crippen molar-refractivity contribution in [3.8, 4) is 0 Å². The monoisotopic (exact) mass is 216 g/mol. The smallest absolute Gasteiger partial charge is 0.756 e. The van der Waals surface area contributed by atoms with Crippen LogP contribution < -0.4 is 4.89 Å². The second-order valence-corrected chi connectivity index (χ2v) is 2.69. The molecule has 0 spiro atoms. The predicted octanol–water partition coefficient (Wildman–Crippen LogP) is 0.525. The van der Waals surface area contributed by atoms with E-state index in [0.29, 0.717) is 0 Å². The molecule has 0 fully saturated rings. The number of rotatable bonds is 4. The first kappa shape index (κ1) is 13.2. The minimum Gasteiger partial charge on any atom is -0.756 e. The van der Waals surface area contributed by atoms with Crippen molar-refractivity contribution in [3.05, 3.63) is 0 Å². The Bertz CT molecular complexity index is 108. The first-order chi connectivity index (χ1) is 4.12. The van der Waals surface area contributed by atoms with Crippen LogP contribution in [0.4, 0.5) is 0 Å². The number of phosphoric acid groups is 1. The summed E-state index contributed by atoms with van der Waals surface area (Å²) in [4.78, 5) is 10.4. The van der Waals surface area contributed by atoms with Crippen LogP contribution in [-0.2, 0) is 30.7 Å². The van der Waals surface area contributed by atoms with Crippen LogP contribution in [0.5, 0.6) is 0 Å². The van der Waals surface area contributed by atoms with Gasteiger partial charge in [-0.1, -0.05) is 0 Å². The third-order valence-corrected chi connectivity index (χ3v) is 1.72. The van der Waals surface area contributed by atoms with Gasteiger partial charge in [0.1, 0.15) is 0 Å². The molecule has 0 atom stereocenters. The minimum absolute atomic E-state index is 0. The van der Waals surface area contributed by atoms with Gasteiger partial charge in [0.15, 0.2) is 0 Å². The van der Waals surface area contributed by atoms with E-state index < -0.39 is 7.82 Å². The molecule has 0 saturated carbocycles. The van der Waals surface area contributed by atoms with Crippen molar-refractivity contribution in [3.63, 3.8) is 0 Å². The van der Waals surface area contributed by atoms with Crippen LogP contribution in [0.2, 0.25) is 0 Å². The predicted molar refractivity (Wildman–Crippen MR) is 30.9 cm³/mol. The normalized spacial score (nSPS) is 10.7. The molecule has 0 aliphatic rings. The summed E-state index contributed by atoms with van der Waals surface area (Å²) in [5, 5.41) is 0. The van der Waals surface area contributed by atoms with Gasteiger partial charge in [-0.15, -0.1) is 0 Å². The van der Waals surface area contributed by atoms with Gasteiger partial charge in [0.25, 0.3) is 7.82 Å². The van der Waals surface area contributed by atoms with Gasteiger partial charge in [0.2, 0.25) is 0 Å². The van der Waals surface area contributed by atoms with Crippen molar-refractivity contribution in [1.29, 1.82) is 0 Å². The maximum atomic E-state index is 10.4. The Morgan fingerprint density at radius 2 is 1.60 bits per heavy atom. The summed E-state index contributed by atoms with van der Waals surface area (Å²) in [5.41, 5.74) is 0. The molecule has 0 aliphatic carbocycles. The Morgan fingerprint density at radius 1 is 1.30 bits per heavy atom. The average Bonchev–Trinajstić information content (AvgIpc) is 1.64. The second-order valence-electron chi connectivity index (χ2n) is 1.28. The molecular weight excluding hydrogens is 207 g/mol. The van der Waals surface area contributed by atoms with Crippen molar-refractivity contribution in [1.82, 2.24) is 0 Å². The summed E-state index contributed by atoms with van der Waals surface area (Å²) in [7, 11) is -3.94. The van der Waals surface area contributed by atoms with Crippen LogP contribution in [0.15, 0.2) is 0 Å². The van der Waals surface area contributed by atoms with Gasteiger partial charge in [-0.3, -0.25) is 4.57 Å². The fraction of sp³-hybridized carbons (Fsp3) is 1.00. The molecule has 0 saturated heterocycles. The van der Waals surface area contributed by atoms with Crippen LogP contribution in [-0.4, -0.2) is 13.2 Å². The zero-order chi connectivity index (χ0) is 7.33. The molecule has 0 aromatic carbocycles. The summed E-state index contributed by atoms with van der Waals surface area (Å²) in [6.45, 7) is 3.43. The Balaban J connectivity index is 0. The van der Waals surface area contributed by atoms with E-state index in [-0.39, 0.29) is 30.3 Å². The van der Waals surface area contributed by atoms with Crippen LogP contribution >= 0.6 is 7.82 Å². The molecule has 0 amide bonds. The molecule has 0 rings (SSSR count). The van der Waals surface area contributed by atoms with E-state index in [4.69, 9.17) is 0 Å². The van der Waals surface area contributed by atoms with Crippen LogP contribution in [0.1, 0.15) is 13.8 Å². The van der Waals surface area contributed by atoms with E-state index in [1.807, 2.05) is 0 Å². The topological polar surface area (TPSA) is 58.6 Å². The molecule has 0 aliphatic heterocycles. The molecule has 0 unspecified atom stereocenters. The standard InChI is InChI=1S/C4H11O4P.Cu/c1-3-7-9(5,6)8-4-2;/h3-4H2,1-2H3,(H,5,6);/q;+1/p-1. The van der Waals surface area contributed by atoms with Crippen molar-refractivity contribution in [2.75, 3.05) is 13.2 Å². The van der Waals surface area contributed by atoms with Gasteiger partial charge in [-0.25, -0.2) is 0 Å². The van der Waals surface area contributed by atoms with E-state index >= 15 is 0 Å². The number of phosphoric ester groups is 1. The first-order valence-corrected chi connectivity index (χ1v) is 4.18. The number of hydrogen-bond donors (Lipinski definition) is 0. The molecule has 0 N–H and O–H groups in total. The average molecular weight is 217 g/mol. The maximum Gasteiger partial charge on any atom is 1.00 e. The van der Waals surface area contributed by atoms with Crippen molar-refractivity contribution < 1.29 is 35.6 Å². The molecule has 10 heavy (non-hydrogen) atoms. The molecule has 0 bridgehead atoms. The van der Waals surface area contributed by atoms with Gasteiger partial charge in [-0.2, -0.15) is 0 Å². The van der Waals surface area contributed by atoms with Crippen LogP contribution in [0, 0.1) is 0 Å². The molecule has 66 valence electrons. The molecule has 4 nitrogen and oxygen atoms in total. The molecule has 0 aromatic rings. The molecule has 0 heterocycles. The molecular formula is C4H10CuO4P. The number of hydrogen-bond acceptors (Lipinski definition) is 4. The minimum atomic E-state index is -3.94. The maximum absolute atomic E-state index is 10.4. The summed E-state index contributed by atoms with van der Waals surface area (Å²) in [6, 6.07) is 0. The quantitative estimate of drug-likeness (QED) is 0.508. The van der Waals surface area contributed by atoms with E-state index in [2.05, 4.69) is 9.05 Å². The van der Waals surface area contributed by atoms with Gasteiger partial charge in [-0.05, 0) is 13.8 Å². The third kappa shape index (κ3) is 6.75. The SMILES string of the molecule is CCOP(=O)([O-])OCC.[Cu+]. The van der Waals surface area contributed by atoms with Gasteiger partial charge in [0, 0.05) is 0 Å². The van der Waals surface area contributed by atoms with E-state index in [9.17, 15) is 9.46 Å². The van der Waals surface area contributed by atoms with E-state index in [1.165, 1.54) is 0 Å². The molecule has 6 heteroatoms. The molecule has 0 radical (unpaired) electrons. The fourth-order valence-corrected chi connectivity index (χ4v) is 1.06. The van der Waals surface area contributed by atoms with Gasteiger partial charge in [0.05, 0.1) is 13.2 Å². The largest absolute Gasteiger partial charge is 1.00 e. The summed E-state index contributed by atoms with van der Waals surface area (Å²) in [6.07, 6.45) is 0. The zero-order valence-corrected chi connectivity index (χ0v) is 7.63. The summed E-state index contributed by atoms with van der Waals surface area (Å²) in [5.74, 6) is 0. The van der Waals surface area contributed by atoms with Crippen molar-refractivity contribution in [2.24, 2.45) is 0 Å². The van der Waals surface area contributed by atoms with E-state index in [0.717, 1.165) is 0 Å². The Morgan fingerprint density at radius 3 is 1.80 bits per heavy atom.